The quantitative estimate of drug-likeness (QED) is 0.0193. The Morgan fingerprint density at radius 3 is 1.25 bits per heavy atom. The van der Waals surface area contributed by atoms with Crippen LogP contribution in [0, 0.1) is 0 Å². The highest BCUT2D eigenvalue weighted by molar-refractivity contribution is 7.80. The average Bonchev–Trinajstić information content (AvgIpc) is 3.40. The molecule has 0 aromatic rings. The summed E-state index contributed by atoms with van der Waals surface area (Å²) in [7, 11) is -5.08. The third-order valence-electron chi connectivity index (χ3n) is 15.5. The summed E-state index contributed by atoms with van der Waals surface area (Å²) in [6.07, 6.45) is 57.8. The van der Waals surface area contributed by atoms with Crippen molar-refractivity contribution in [1.82, 2.24) is 5.32 Å². The SMILES string of the molecule is CCCCCCCCCCC/C=C\C/C=C\CCCCCCCCCCCCCCCCCCCC(=O)NC(COC1OC(CO)C(O)C(OS(=O)(=O)O)C1O)C(O)CCCCCCCCCCCCCCCCCC. The first-order valence-corrected chi connectivity index (χ1v) is 33.6. The molecule has 0 bridgehead atoms. The van der Waals surface area contributed by atoms with Crippen LogP contribution in [0.3, 0.4) is 0 Å². The fourth-order valence-corrected chi connectivity index (χ4v) is 11.1. The van der Waals surface area contributed by atoms with Crippen LogP contribution in [0.1, 0.15) is 316 Å². The Bertz CT molecular complexity index is 1430. The van der Waals surface area contributed by atoms with Crippen molar-refractivity contribution in [2.75, 3.05) is 13.2 Å². The molecule has 1 aliphatic heterocycles. The molecule has 6 N–H and O–H groups in total. The molecule has 13 heteroatoms. The van der Waals surface area contributed by atoms with E-state index in [1.165, 1.54) is 231 Å². The molecule has 1 heterocycles. The number of ether oxygens (including phenoxy) is 2. The van der Waals surface area contributed by atoms with Crippen LogP contribution >= 0.6 is 0 Å². The van der Waals surface area contributed by atoms with E-state index in [1.54, 1.807) is 0 Å². The van der Waals surface area contributed by atoms with Crippen LogP contribution in [0.2, 0.25) is 0 Å². The summed E-state index contributed by atoms with van der Waals surface area (Å²) in [4.78, 5) is 13.2. The van der Waals surface area contributed by atoms with Gasteiger partial charge in [-0.15, -0.1) is 0 Å². The summed E-state index contributed by atoms with van der Waals surface area (Å²) in [6.45, 7) is 3.50. The van der Waals surface area contributed by atoms with Gasteiger partial charge in [-0.3, -0.25) is 9.35 Å². The molecule has 76 heavy (non-hydrogen) atoms. The highest BCUT2D eigenvalue weighted by Gasteiger charge is 2.48. The smallest absolute Gasteiger partial charge is 0.394 e. The molecule has 450 valence electrons. The van der Waals surface area contributed by atoms with E-state index < -0.39 is 59.9 Å². The molecule has 0 aliphatic carbocycles. The van der Waals surface area contributed by atoms with E-state index >= 15 is 0 Å². The van der Waals surface area contributed by atoms with Crippen molar-refractivity contribution in [2.45, 2.75) is 358 Å². The zero-order valence-electron chi connectivity index (χ0n) is 49.1. The molecule has 1 amide bonds. The number of hydrogen-bond donors (Lipinski definition) is 6. The summed E-state index contributed by atoms with van der Waals surface area (Å²) in [6, 6.07) is -0.857. The first-order valence-electron chi connectivity index (χ1n) is 32.2. The van der Waals surface area contributed by atoms with Crippen molar-refractivity contribution in [3.05, 3.63) is 24.3 Å². The second-order valence-electron chi connectivity index (χ2n) is 22.7. The monoisotopic (exact) mass is 1100 g/mol. The summed E-state index contributed by atoms with van der Waals surface area (Å²) in [5.74, 6) is -0.224. The molecule has 1 fully saturated rings. The number of unbranched alkanes of at least 4 members (excludes halogenated alkanes) is 41. The summed E-state index contributed by atoms with van der Waals surface area (Å²) >= 11 is 0. The van der Waals surface area contributed by atoms with Crippen LogP contribution in [0.15, 0.2) is 24.3 Å². The fourth-order valence-electron chi connectivity index (χ4n) is 10.6. The largest absolute Gasteiger partial charge is 0.397 e. The minimum Gasteiger partial charge on any atom is -0.394 e. The minimum atomic E-state index is -5.08. The van der Waals surface area contributed by atoms with E-state index in [4.69, 9.17) is 9.47 Å². The van der Waals surface area contributed by atoms with E-state index in [0.29, 0.717) is 12.8 Å². The average molecular weight is 1100 g/mol. The van der Waals surface area contributed by atoms with E-state index in [9.17, 15) is 38.2 Å². The number of aliphatic hydroxyl groups is 4. The lowest BCUT2D eigenvalue weighted by Gasteiger charge is -2.41. The maximum absolute atomic E-state index is 13.2. The molecule has 0 aromatic carbocycles. The normalized spacial score (nSPS) is 19.1. The van der Waals surface area contributed by atoms with Gasteiger partial charge in [0.2, 0.25) is 5.91 Å². The van der Waals surface area contributed by atoms with Gasteiger partial charge in [0, 0.05) is 6.42 Å². The van der Waals surface area contributed by atoms with Gasteiger partial charge in [0.25, 0.3) is 0 Å². The van der Waals surface area contributed by atoms with Crippen molar-refractivity contribution in [1.29, 1.82) is 0 Å². The molecule has 7 unspecified atom stereocenters. The Labute approximate surface area is 467 Å². The van der Waals surface area contributed by atoms with Gasteiger partial charge in [-0.2, -0.15) is 8.42 Å². The van der Waals surface area contributed by atoms with Crippen molar-refractivity contribution >= 4 is 16.3 Å². The number of nitrogens with one attached hydrogen (secondary N) is 1. The number of carbonyl (C=O) groups excluding carboxylic acids is 1. The first kappa shape index (κ1) is 72.6. The number of carbonyl (C=O) groups is 1. The molecular weight excluding hydrogens is 979 g/mol. The molecule has 1 rings (SSSR count). The lowest BCUT2D eigenvalue weighted by Crippen LogP contribution is -2.61. The third kappa shape index (κ3) is 44.3. The first-order chi connectivity index (χ1) is 37.0. The van der Waals surface area contributed by atoms with Gasteiger partial charge in [-0.25, -0.2) is 4.18 Å². The molecule has 1 aliphatic rings. The zero-order valence-corrected chi connectivity index (χ0v) is 49.9. The van der Waals surface area contributed by atoms with Crippen LogP contribution in [0.4, 0.5) is 0 Å². The number of allylic oxidation sites excluding steroid dienone is 4. The second kappa shape index (κ2) is 52.9. The van der Waals surface area contributed by atoms with E-state index in [0.717, 1.165) is 57.8 Å². The van der Waals surface area contributed by atoms with Gasteiger partial charge in [-0.05, 0) is 44.9 Å². The highest BCUT2D eigenvalue weighted by Crippen LogP contribution is 2.26. The predicted octanol–water partition coefficient (Wildman–Crippen LogP) is 16.0. The molecular formula is C63H121NO11S. The van der Waals surface area contributed by atoms with Crippen LogP contribution in [-0.2, 0) is 28.9 Å². The van der Waals surface area contributed by atoms with Crippen LogP contribution in [0.25, 0.3) is 0 Å². The Balaban J connectivity index is 2.22. The van der Waals surface area contributed by atoms with E-state index in [1.807, 2.05) is 0 Å². The van der Waals surface area contributed by atoms with Crippen molar-refractivity contribution in [3.8, 4) is 0 Å². The number of aliphatic hydroxyl groups excluding tert-OH is 4. The maximum Gasteiger partial charge on any atom is 0.397 e. The highest BCUT2D eigenvalue weighted by atomic mass is 32.3. The number of rotatable bonds is 57. The van der Waals surface area contributed by atoms with Gasteiger partial charge in [0.15, 0.2) is 6.29 Å². The van der Waals surface area contributed by atoms with Gasteiger partial charge in [0.1, 0.15) is 24.4 Å². The number of hydrogen-bond acceptors (Lipinski definition) is 10. The molecule has 0 saturated carbocycles. The molecule has 0 aromatic heterocycles. The fraction of sp³-hybridized carbons (Fsp3) is 0.921. The van der Waals surface area contributed by atoms with E-state index in [2.05, 4.69) is 47.7 Å². The Morgan fingerprint density at radius 1 is 0.526 bits per heavy atom. The second-order valence-corrected chi connectivity index (χ2v) is 23.8. The van der Waals surface area contributed by atoms with Crippen LogP contribution in [-0.4, -0.2) is 95.4 Å². The lowest BCUT2D eigenvalue weighted by atomic mass is 9.99. The Morgan fingerprint density at radius 2 is 0.882 bits per heavy atom. The van der Waals surface area contributed by atoms with Crippen molar-refractivity contribution < 1.29 is 51.8 Å². The standard InChI is InChI=1S/C63H121NO11S/c1-3-5-7-9-11-13-15-17-19-21-22-23-24-25-26-27-28-29-30-31-32-33-34-35-36-37-39-41-43-45-47-49-51-53-59(67)64-56(55-73-63-61(69)62(75-76(70,71)72)60(68)58(54-65)74-63)57(66)52-50-48-46-44-42-40-38-20-18-16-14-12-10-8-6-4-2/h22-23,25-26,56-58,60-63,65-66,68-69H,3-21,24,27-55H2,1-2H3,(H,64,67)(H,70,71,72)/b23-22-,26-25-. The maximum atomic E-state index is 13.2. The third-order valence-corrected chi connectivity index (χ3v) is 16.0. The molecule has 7 atom stereocenters. The Kier molecular flexibility index (Phi) is 50.6. The summed E-state index contributed by atoms with van der Waals surface area (Å²) in [5.41, 5.74) is 0. The van der Waals surface area contributed by atoms with Gasteiger partial charge < -0.3 is 35.2 Å². The molecule has 12 nitrogen and oxygen atoms in total. The Hall–Kier alpha value is -1.42. The van der Waals surface area contributed by atoms with Crippen LogP contribution in [0.5, 0.6) is 0 Å². The number of amides is 1. The molecule has 1 saturated heterocycles. The predicted molar refractivity (Wildman–Crippen MR) is 315 cm³/mol. The van der Waals surface area contributed by atoms with E-state index in [-0.39, 0.29) is 12.5 Å². The lowest BCUT2D eigenvalue weighted by molar-refractivity contribution is -0.298. The van der Waals surface area contributed by atoms with Crippen molar-refractivity contribution in [3.63, 3.8) is 0 Å². The van der Waals surface area contributed by atoms with Crippen LogP contribution < -0.4 is 5.32 Å². The topological polar surface area (TPSA) is 192 Å². The molecule has 0 radical (unpaired) electrons. The minimum absolute atomic E-state index is 0.224. The summed E-state index contributed by atoms with van der Waals surface area (Å²) in [5, 5.41) is 45.2. The van der Waals surface area contributed by atoms with Gasteiger partial charge in [-0.1, -0.05) is 289 Å². The summed E-state index contributed by atoms with van der Waals surface area (Å²) < 4.78 is 48.0. The van der Waals surface area contributed by atoms with Crippen molar-refractivity contribution in [2.24, 2.45) is 0 Å². The van der Waals surface area contributed by atoms with Gasteiger partial charge in [0.05, 0.1) is 25.4 Å². The van der Waals surface area contributed by atoms with Gasteiger partial charge >= 0.3 is 10.4 Å². The molecule has 0 spiro atoms. The zero-order chi connectivity index (χ0) is 55.4.